The molecule has 0 bridgehead atoms. The van der Waals surface area contributed by atoms with Gasteiger partial charge in [-0.05, 0) is 101 Å². The Balaban J connectivity index is 1.66. The Morgan fingerprint density at radius 3 is 2.16 bits per heavy atom. The van der Waals surface area contributed by atoms with Crippen LogP contribution in [0.1, 0.15) is 54.5 Å². The Hall–Kier alpha value is -4.42. The summed E-state index contributed by atoms with van der Waals surface area (Å²) in [5, 5.41) is 9.38. The van der Waals surface area contributed by atoms with Crippen molar-refractivity contribution < 1.29 is 0 Å². The molecule has 0 spiro atoms. The summed E-state index contributed by atoms with van der Waals surface area (Å²) in [6.45, 7) is 10.9. The fourth-order valence-corrected chi connectivity index (χ4v) is 5.51. The lowest BCUT2D eigenvalue weighted by Gasteiger charge is -2.22. The number of imidazole rings is 1. The number of nitrogens with zero attached hydrogens (tertiary/aromatic N) is 3. The molecule has 0 aliphatic heterocycles. The van der Waals surface area contributed by atoms with Crippen molar-refractivity contribution in [3.63, 3.8) is 0 Å². The quantitative estimate of drug-likeness (QED) is 0.236. The van der Waals surface area contributed by atoms with Crippen molar-refractivity contribution in [3.8, 4) is 45.4 Å². The topological polar surface area (TPSA) is 41.6 Å². The van der Waals surface area contributed by atoms with E-state index >= 15 is 0 Å². The third-order valence-corrected chi connectivity index (χ3v) is 7.28. The van der Waals surface area contributed by atoms with Crippen LogP contribution in [0.5, 0.6) is 0 Å². The highest BCUT2D eigenvalue weighted by molar-refractivity contribution is 5.77. The van der Waals surface area contributed by atoms with Crippen LogP contribution < -0.4 is 0 Å². The van der Waals surface area contributed by atoms with Crippen molar-refractivity contribution in [2.24, 2.45) is 0 Å². The summed E-state index contributed by atoms with van der Waals surface area (Å²) < 4.78 is 2.26. The van der Waals surface area contributed by atoms with Crippen LogP contribution in [0, 0.1) is 25.2 Å². The monoisotopic (exact) mass is 495 g/mol. The van der Waals surface area contributed by atoms with Crippen LogP contribution >= 0.6 is 0 Å². The van der Waals surface area contributed by atoms with E-state index in [0.717, 1.165) is 34.5 Å². The van der Waals surface area contributed by atoms with Gasteiger partial charge in [0.2, 0.25) is 0 Å². The second-order valence-electron chi connectivity index (χ2n) is 10.2. The predicted molar refractivity (Wildman–Crippen MR) is 158 cm³/mol. The van der Waals surface area contributed by atoms with Gasteiger partial charge in [0.15, 0.2) is 0 Å². The zero-order chi connectivity index (χ0) is 26.8. The Labute approximate surface area is 226 Å². The van der Waals surface area contributed by atoms with E-state index in [4.69, 9.17) is 4.98 Å². The number of benzene rings is 4. The molecule has 188 valence electrons. The van der Waals surface area contributed by atoms with Gasteiger partial charge in [-0.25, -0.2) is 4.98 Å². The normalized spacial score (nSPS) is 11.1. The molecule has 0 aliphatic rings. The second kappa shape index (κ2) is 10.5. The molecule has 0 amide bonds. The largest absolute Gasteiger partial charge is 0.299 e. The Morgan fingerprint density at radius 1 is 0.816 bits per heavy atom. The number of hydrogen-bond acceptors (Lipinski definition) is 2. The van der Waals surface area contributed by atoms with E-state index in [-0.39, 0.29) is 0 Å². The molecule has 4 aromatic carbocycles. The summed E-state index contributed by atoms with van der Waals surface area (Å²) in [6, 6.07) is 30.1. The van der Waals surface area contributed by atoms with Crippen molar-refractivity contribution in [2.75, 3.05) is 0 Å². The Bertz CT molecular complexity index is 1630. The fraction of sp³-hybridized carbons (Fsp3) is 0.200. The number of hydrogen-bond donors (Lipinski definition) is 0. The van der Waals surface area contributed by atoms with Crippen LogP contribution in [0.15, 0.2) is 91.3 Å². The van der Waals surface area contributed by atoms with E-state index in [0.29, 0.717) is 11.5 Å². The minimum absolute atomic E-state index is 0.351. The highest BCUT2D eigenvalue weighted by Gasteiger charge is 2.19. The first-order chi connectivity index (χ1) is 18.4. The van der Waals surface area contributed by atoms with Crippen molar-refractivity contribution in [1.82, 2.24) is 9.55 Å². The first-order valence-corrected chi connectivity index (χ1v) is 13.3. The molecule has 0 unspecified atom stereocenters. The molecule has 1 aromatic heterocycles. The standard InChI is InChI=1S/C35H33N3/c1-6-27-19-31(28-11-8-7-9-12-28)21-32(23(2)3)34(27)38-16-15-37-35(38)30-14-10-13-29(20-30)33-24(4)17-26(22-36)18-25(33)5/h7-21,23H,6H2,1-5H3. The van der Waals surface area contributed by atoms with Crippen LogP contribution in [0.4, 0.5) is 0 Å². The van der Waals surface area contributed by atoms with Crippen LogP contribution in [0.3, 0.4) is 0 Å². The number of aromatic nitrogens is 2. The summed E-state index contributed by atoms with van der Waals surface area (Å²) in [7, 11) is 0. The third kappa shape index (κ3) is 4.66. The SMILES string of the molecule is CCc1cc(-c2ccccc2)cc(C(C)C)c1-n1ccnc1-c1cccc(-c2c(C)cc(C#N)cc2C)c1. The second-order valence-corrected chi connectivity index (χ2v) is 10.2. The molecule has 0 atom stereocenters. The maximum atomic E-state index is 9.38. The Kier molecular flexibility index (Phi) is 6.99. The van der Waals surface area contributed by atoms with Crippen molar-refractivity contribution >= 4 is 0 Å². The van der Waals surface area contributed by atoms with Crippen molar-refractivity contribution in [1.29, 1.82) is 5.26 Å². The van der Waals surface area contributed by atoms with Crippen LogP contribution in [-0.2, 0) is 6.42 Å². The van der Waals surface area contributed by atoms with Gasteiger partial charge >= 0.3 is 0 Å². The molecule has 0 saturated carbocycles. The molecule has 3 nitrogen and oxygen atoms in total. The average molecular weight is 496 g/mol. The van der Waals surface area contributed by atoms with Crippen LogP contribution in [0.2, 0.25) is 0 Å². The highest BCUT2D eigenvalue weighted by Crippen LogP contribution is 2.36. The van der Waals surface area contributed by atoms with E-state index < -0.39 is 0 Å². The minimum Gasteiger partial charge on any atom is -0.299 e. The van der Waals surface area contributed by atoms with E-state index in [9.17, 15) is 5.26 Å². The summed E-state index contributed by atoms with van der Waals surface area (Å²) >= 11 is 0. The number of aryl methyl sites for hydroxylation is 3. The van der Waals surface area contributed by atoms with Gasteiger partial charge in [-0.1, -0.05) is 69.3 Å². The summed E-state index contributed by atoms with van der Waals surface area (Å²) in [6.07, 6.45) is 4.91. The molecule has 5 rings (SSSR count). The lowest BCUT2D eigenvalue weighted by atomic mass is 9.91. The smallest absolute Gasteiger partial charge is 0.144 e. The molecule has 0 aliphatic carbocycles. The molecule has 0 fully saturated rings. The van der Waals surface area contributed by atoms with E-state index in [2.05, 4.69) is 118 Å². The highest BCUT2D eigenvalue weighted by atomic mass is 15.1. The van der Waals surface area contributed by atoms with Gasteiger partial charge in [0, 0.05) is 18.0 Å². The molecular formula is C35H33N3. The summed E-state index contributed by atoms with van der Waals surface area (Å²) in [5.74, 6) is 1.28. The minimum atomic E-state index is 0.351. The molecule has 38 heavy (non-hydrogen) atoms. The van der Waals surface area contributed by atoms with E-state index in [1.165, 1.54) is 33.5 Å². The predicted octanol–water partition coefficient (Wildman–Crippen LogP) is 9.05. The molecule has 5 aromatic rings. The third-order valence-electron chi connectivity index (χ3n) is 7.28. The molecule has 0 radical (unpaired) electrons. The molecule has 0 N–H and O–H groups in total. The number of rotatable bonds is 6. The van der Waals surface area contributed by atoms with Gasteiger partial charge in [0.25, 0.3) is 0 Å². The molecule has 3 heteroatoms. The van der Waals surface area contributed by atoms with Crippen molar-refractivity contribution in [3.05, 3.63) is 119 Å². The van der Waals surface area contributed by atoms with Gasteiger partial charge in [0.1, 0.15) is 5.82 Å². The maximum Gasteiger partial charge on any atom is 0.144 e. The number of nitriles is 1. The fourth-order valence-electron chi connectivity index (χ4n) is 5.51. The first-order valence-electron chi connectivity index (χ1n) is 13.3. The molecule has 0 saturated heterocycles. The van der Waals surface area contributed by atoms with Gasteiger partial charge in [-0.15, -0.1) is 0 Å². The van der Waals surface area contributed by atoms with Gasteiger partial charge in [-0.3, -0.25) is 4.57 Å². The van der Waals surface area contributed by atoms with Crippen LogP contribution in [0.25, 0.3) is 39.3 Å². The molecule has 1 heterocycles. The maximum absolute atomic E-state index is 9.38. The summed E-state index contributed by atoms with van der Waals surface area (Å²) in [4.78, 5) is 4.85. The summed E-state index contributed by atoms with van der Waals surface area (Å²) in [5.41, 5.74) is 12.6. The van der Waals surface area contributed by atoms with Gasteiger partial charge < -0.3 is 0 Å². The van der Waals surface area contributed by atoms with Gasteiger partial charge in [-0.2, -0.15) is 5.26 Å². The molecular weight excluding hydrogens is 462 g/mol. The van der Waals surface area contributed by atoms with Crippen LogP contribution in [-0.4, -0.2) is 9.55 Å². The first kappa shape index (κ1) is 25.2. The lowest BCUT2D eigenvalue weighted by molar-refractivity contribution is 0.839. The van der Waals surface area contributed by atoms with Gasteiger partial charge in [0.05, 0.1) is 17.3 Å². The average Bonchev–Trinajstić information content (AvgIpc) is 3.42. The lowest BCUT2D eigenvalue weighted by Crippen LogP contribution is -2.07. The van der Waals surface area contributed by atoms with Crippen molar-refractivity contribution in [2.45, 2.75) is 47.0 Å². The van der Waals surface area contributed by atoms with E-state index in [1.54, 1.807) is 0 Å². The zero-order valence-corrected chi connectivity index (χ0v) is 22.8. The zero-order valence-electron chi connectivity index (χ0n) is 22.8. The van der Waals surface area contributed by atoms with E-state index in [1.807, 2.05) is 18.3 Å². The Morgan fingerprint density at radius 2 is 1.50 bits per heavy atom.